The molecule has 3 N–H and O–H groups in total. The molecule has 0 rings (SSSR count). The topological polar surface area (TPSA) is 81.4 Å². The lowest BCUT2D eigenvalue weighted by Gasteiger charge is -2.06. The lowest BCUT2D eigenvalue weighted by atomic mass is 10.1. The lowest BCUT2D eigenvalue weighted by Crippen LogP contribution is -2.33. The smallest absolute Gasteiger partial charge is 0.345 e. The largest absolute Gasteiger partial charge is 0.349 e. The molecule has 0 fully saturated rings. The van der Waals surface area contributed by atoms with Gasteiger partial charge in [-0.05, 0) is 6.42 Å². The lowest BCUT2D eigenvalue weighted by molar-refractivity contribution is -0.153. The maximum atomic E-state index is 10.8. The van der Waals surface area contributed by atoms with E-state index in [0.29, 0.717) is 6.42 Å². The van der Waals surface area contributed by atoms with Gasteiger partial charge >= 0.3 is 12.0 Å². The zero-order valence-corrected chi connectivity index (χ0v) is 6.59. The molecule has 5 heteroatoms. The average Bonchev–Trinajstić information content (AvgIpc) is 1.98. The number of urea groups is 1. The van der Waals surface area contributed by atoms with Gasteiger partial charge in [0.25, 0.3) is 0 Å². The van der Waals surface area contributed by atoms with Crippen LogP contribution in [-0.2, 0) is 9.63 Å². The minimum Gasteiger partial charge on any atom is -0.349 e. The molecule has 2 amide bonds. The first-order valence-electron chi connectivity index (χ1n) is 3.34. The van der Waals surface area contributed by atoms with Crippen LogP contribution in [0.2, 0.25) is 0 Å². The van der Waals surface area contributed by atoms with Crippen molar-refractivity contribution in [1.82, 2.24) is 5.48 Å². The fraction of sp³-hybridized carbons (Fsp3) is 0.667. The van der Waals surface area contributed by atoms with Crippen LogP contribution in [0.25, 0.3) is 0 Å². The summed E-state index contributed by atoms with van der Waals surface area (Å²) < 4.78 is 0. The Morgan fingerprint density at radius 2 is 2.18 bits per heavy atom. The van der Waals surface area contributed by atoms with Gasteiger partial charge in [0, 0.05) is 0 Å². The number of carbonyl (C=O) groups excluding carboxylic acids is 2. The third kappa shape index (κ3) is 4.19. The van der Waals surface area contributed by atoms with Crippen LogP contribution in [0.5, 0.6) is 0 Å². The highest BCUT2D eigenvalue weighted by molar-refractivity contribution is 5.76. The molecule has 0 heterocycles. The van der Waals surface area contributed by atoms with E-state index in [2.05, 4.69) is 10.6 Å². The van der Waals surface area contributed by atoms with E-state index in [1.807, 2.05) is 6.92 Å². The van der Waals surface area contributed by atoms with Gasteiger partial charge in [-0.15, -0.1) is 0 Å². The maximum Gasteiger partial charge on any atom is 0.345 e. The predicted molar refractivity (Wildman–Crippen MR) is 38.3 cm³/mol. The number of hydroxylamine groups is 1. The van der Waals surface area contributed by atoms with Crippen molar-refractivity contribution >= 4 is 12.0 Å². The van der Waals surface area contributed by atoms with Gasteiger partial charge in [-0.3, -0.25) is 0 Å². The summed E-state index contributed by atoms with van der Waals surface area (Å²) in [7, 11) is 0. The van der Waals surface area contributed by atoms with Gasteiger partial charge in [0.1, 0.15) is 0 Å². The van der Waals surface area contributed by atoms with E-state index >= 15 is 0 Å². The second kappa shape index (κ2) is 4.54. The minimum absolute atomic E-state index is 0.221. The highest BCUT2D eigenvalue weighted by Gasteiger charge is 2.12. The number of nitrogens with two attached hydrogens (primary N) is 1. The van der Waals surface area contributed by atoms with Gasteiger partial charge in [0.15, 0.2) is 0 Å². The normalized spacial score (nSPS) is 11.8. The van der Waals surface area contributed by atoms with E-state index in [-0.39, 0.29) is 5.92 Å². The van der Waals surface area contributed by atoms with Crippen LogP contribution in [-0.4, -0.2) is 12.0 Å². The van der Waals surface area contributed by atoms with Gasteiger partial charge in [-0.2, -0.15) is 5.48 Å². The predicted octanol–water partition coefficient (Wildman–Crippen LogP) is 0.159. The van der Waals surface area contributed by atoms with E-state index < -0.39 is 12.0 Å². The van der Waals surface area contributed by atoms with Crippen molar-refractivity contribution in [3.63, 3.8) is 0 Å². The Morgan fingerprint density at radius 3 is 2.55 bits per heavy atom. The van der Waals surface area contributed by atoms with Crippen molar-refractivity contribution in [3.8, 4) is 0 Å². The summed E-state index contributed by atoms with van der Waals surface area (Å²) >= 11 is 0. The molecule has 5 nitrogen and oxygen atoms in total. The first kappa shape index (κ1) is 9.74. The second-order valence-corrected chi connectivity index (χ2v) is 2.20. The molecule has 11 heavy (non-hydrogen) atoms. The van der Waals surface area contributed by atoms with Crippen LogP contribution >= 0.6 is 0 Å². The van der Waals surface area contributed by atoms with Crippen LogP contribution in [0.1, 0.15) is 20.3 Å². The van der Waals surface area contributed by atoms with Crippen LogP contribution in [0.3, 0.4) is 0 Å². The van der Waals surface area contributed by atoms with E-state index in [0.717, 1.165) is 0 Å². The molecule has 0 aromatic carbocycles. The summed E-state index contributed by atoms with van der Waals surface area (Å²) in [6.45, 7) is 3.54. The average molecular weight is 160 g/mol. The van der Waals surface area contributed by atoms with Crippen LogP contribution in [0, 0.1) is 5.92 Å². The Balaban J connectivity index is 3.60. The van der Waals surface area contributed by atoms with Crippen molar-refractivity contribution in [3.05, 3.63) is 0 Å². The molecule has 0 aliphatic rings. The van der Waals surface area contributed by atoms with Crippen molar-refractivity contribution in [1.29, 1.82) is 0 Å². The molecule has 0 spiro atoms. The summed E-state index contributed by atoms with van der Waals surface area (Å²) in [5.74, 6) is -0.701. The first-order valence-corrected chi connectivity index (χ1v) is 3.34. The van der Waals surface area contributed by atoms with E-state index in [1.165, 1.54) is 0 Å². The Hall–Kier alpha value is -1.26. The molecule has 0 aliphatic carbocycles. The SMILES string of the molecule is CCC(C)C(=O)ONC(N)=O. The van der Waals surface area contributed by atoms with Crippen LogP contribution < -0.4 is 11.2 Å². The Labute approximate surface area is 64.8 Å². The first-order chi connectivity index (χ1) is 5.07. The minimum atomic E-state index is -0.873. The van der Waals surface area contributed by atoms with E-state index in [4.69, 9.17) is 0 Å². The van der Waals surface area contributed by atoms with Crippen molar-refractivity contribution in [2.75, 3.05) is 0 Å². The number of hydrogen-bond donors (Lipinski definition) is 2. The zero-order chi connectivity index (χ0) is 8.85. The van der Waals surface area contributed by atoms with E-state index in [9.17, 15) is 9.59 Å². The summed E-state index contributed by atoms with van der Waals surface area (Å²) in [4.78, 5) is 25.1. The highest BCUT2D eigenvalue weighted by atomic mass is 16.7. The second-order valence-electron chi connectivity index (χ2n) is 2.20. The zero-order valence-electron chi connectivity index (χ0n) is 6.59. The number of hydrogen-bond acceptors (Lipinski definition) is 3. The maximum absolute atomic E-state index is 10.8. The molecule has 0 aliphatic heterocycles. The molecular formula is C6H12N2O3. The standard InChI is InChI=1S/C6H12N2O3/c1-3-4(2)5(9)11-8-6(7)10/h4H,3H2,1-2H3,(H3,7,8,10). The van der Waals surface area contributed by atoms with Crippen molar-refractivity contribution in [2.24, 2.45) is 11.7 Å². The number of amides is 2. The monoisotopic (exact) mass is 160 g/mol. The molecule has 0 aromatic rings. The van der Waals surface area contributed by atoms with Crippen molar-refractivity contribution in [2.45, 2.75) is 20.3 Å². The summed E-state index contributed by atoms with van der Waals surface area (Å²) in [5.41, 5.74) is 6.40. The van der Waals surface area contributed by atoms with Gasteiger partial charge in [-0.1, -0.05) is 13.8 Å². The van der Waals surface area contributed by atoms with Crippen molar-refractivity contribution < 1.29 is 14.4 Å². The molecule has 0 saturated heterocycles. The third-order valence-corrected chi connectivity index (χ3v) is 1.27. The third-order valence-electron chi connectivity index (χ3n) is 1.27. The van der Waals surface area contributed by atoms with Gasteiger partial charge in [0.05, 0.1) is 5.92 Å². The van der Waals surface area contributed by atoms with Gasteiger partial charge in [0.2, 0.25) is 0 Å². The number of rotatable bonds is 2. The highest BCUT2D eigenvalue weighted by Crippen LogP contribution is 2.01. The Kier molecular flexibility index (Phi) is 4.02. The quantitative estimate of drug-likeness (QED) is 0.564. The molecule has 0 saturated carbocycles. The van der Waals surface area contributed by atoms with Gasteiger partial charge in [-0.25, -0.2) is 9.59 Å². The van der Waals surface area contributed by atoms with Crippen LogP contribution in [0.4, 0.5) is 4.79 Å². The number of carbonyl (C=O) groups is 2. The van der Waals surface area contributed by atoms with E-state index in [1.54, 1.807) is 12.4 Å². The van der Waals surface area contributed by atoms with Gasteiger partial charge < -0.3 is 10.6 Å². The number of nitrogens with one attached hydrogen (secondary N) is 1. The summed E-state index contributed by atoms with van der Waals surface area (Å²) in [6, 6.07) is -0.873. The summed E-state index contributed by atoms with van der Waals surface area (Å²) in [5, 5.41) is 0. The Morgan fingerprint density at radius 1 is 1.64 bits per heavy atom. The Bertz CT molecular complexity index is 158. The number of primary amides is 1. The molecular weight excluding hydrogens is 148 g/mol. The fourth-order valence-corrected chi connectivity index (χ4v) is 0.368. The van der Waals surface area contributed by atoms with Crippen LogP contribution in [0.15, 0.2) is 0 Å². The molecule has 0 radical (unpaired) electrons. The molecule has 0 bridgehead atoms. The molecule has 64 valence electrons. The summed E-state index contributed by atoms with van der Waals surface area (Å²) in [6.07, 6.45) is 0.666. The molecule has 0 aromatic heterocycles. The fourth-order valence-electron chi connectivity index (χ4n) is 0.368. The molecule has 1 atom stereocenters. The molecule has 1 unspecified atom stereocenters.